The van der Waals surface area contributed by atoms with Crippen molar-refractivity contribution in [3.63, 3.8) is 0 Å². The predicted molar refractivity (Wildman–Crippen MR) is 95.2 cm³/mol. The third kappa shape index (κ3) is 4.37. The molecule has 132 valence electrons. The van der Waals surface area contributed by atoms with Crippen LogP contribution in [0.25, 0.3) is 0 Å². The lowest BCUT2D eigenvalue weighted by molar-refractivity contribution is 0.0810. The van der Waals surface area contributed by atoms with E-state index in [0.29, 0.717) is 20.7 Å². The third-order valence-corrected chi connectivity index (χ3v) is 5.41. The zero-order valence-corrected chi connectivity index (χ0v) is 16.7. The van der Waals surface area contributed by atoms with Crippen molar-refractivity contribution in [2.75, 3.05) is 26.8 Å². The highest BCUT2D eigenvalue weighted by Crippen LogP contribution is 2.50. The average molecular weight is 440 g/mol. The van der Waals surface area contributed by atoms with E-state index < -0.39 is 7.82 Å². The van der Waals surface area contributed by atoms with Crippen LogP contribution >= 0.6 is 35.4 Å². The lowest BCUT2D eigenvalue weighted by Gasteiger charge is -2.20. The quantitative estimate of drug-likeness (QED) is 0.635. The van der Waals surface area contributed by atoms with E-state index in [1.165, 1.54) is 11.0 Å². The summed E-state index contributed by atoms with van der Waals surface area (Å²) in [6, 6.07) is 3.14. The summed E-state index contributed by atoms with van der Waals surface area (Å²) in [5.41, 5.74) is 0.668. The molecule has 1 aliphatic rings. The van der Waals surface area contributed by atoms with Crippen LogP contribution in [-0.2, 0) is 18.1 Å². The molecule has 0 aromatic heterocycles. The number of aliphatic imine (C=N–C) groups is 1. The van der Waals surface area contributed by atoms with Crippen LogP contribution in [-0.4, -0.2) is 43.5 Å². The maximum atomic E-state index is 12.5. The van der Waals surface area contributed by atoms with Crippen LogP contribution in [0.4, 0.5) is 5.69 Å². The molecule has 0 fully saturated rings. The van der Waals surface area contributed by atoms with Crippen molar-refractivity contribution in [3.05, 3.63) is 27.2 Å². The lowest BCUT2D eigenvalue weighted by Crippen LogP contribution is -2.31. The topological polar surface area (TPSA) is 77.4 Å². The number of rotatable bonds is 5. The van der Waals surface area contributed by atoms with Gasteiger partial charge in [0.1, 0.15) is 0 Å². The molecular formula is C14H17BrClN2O5P. The van der Waals surface area contributed by atoms with Gasteiger partial charge in [0, 0.05) is 16.5 Å². The Balaban J connectivity index is 2.46. The average Bonchev–Trinajstić information content (AvgIpc) is 2.59. The number of phosphoric ester groups is 1. The smallest absolute Gasteiger partial charge is 0.388 e. The van der Waals surface area contributed by atoms with Crippen LogP contribution in [0, 0.1) is 0 Å². The molecule has 2 rings (SSSR count). The SMILES string of the molecule is CCOP(=O)(OCC)OC1=Nc2c(Br)cc(Cl)cc2C(=O)N(C)C1. The molecule has 0 spiro atoms. The maximum absolute atomic E-state index is 12.5. The van der Waals surface area contributed by atoms with E-state index >= 15 is 0 Å². The monoisotopic (exact) mass is 438 g/mol. The van der Waals surface area contributed by atoms with Crippen LogP contribution in [0.5, 0.6) is 0 Å². The Hall–Kier alpha value is -0.920. The molecular weight excluding hydrogens is 422 g/mol. The van der Waals surface area contributed by atoms with Crippen LogP contribution in [0.15, 0.2) is 21.6 Å². The Morgan fingerprint density at radius 2 is 1.96 bits per heavy atom. The molecule has 0 saturated heterocycles. The minimum absolute atomic E-state index is 0.0156. The van der Waals surface area contributed by atoms with Gasteiger partial charge in [-0.3, -0.25) is 13.8 Å². The van der Waals surface area contributed by atoms with E-state index in [1.54, 1.807) is 27.0 Å². The zero-order chi connectivity index (χ0) is 17.9. The van der Waals surface area contributed by atoms with Gasteiger partial charge in [0.2, 0.25) is 5.90 Å². The summed E-state index contributed by atoms with van der Waals surface area (Å²) in [4.78, 5) is 18.2. The molecule has 0 aliphatic carbocycles. The Kier molecular flexibility index (Phi) is 6.45. The molecule has 1 amide bonds. The molecule has 0 N–H and O–H groups in total. The number of benzene rings is 1. The van der Waals surface area contributed by atoms with Gasteiger partial charge in [-0.15, -0.1) is 0 Å². The fourth-order valence-electron chi connectivity index (χ4n) is 2.07. The normalized spacial score (nSPS) is 15.0. The molecule has 1 aromatic carbocycles. The summed E-state index contributed by atoms with van der Waals surface area (Å²) >= 11 is 9.34. The number of hydrogen-bond acceptors (Lipinski definition) is 6. The molecule has 0 bridgehead atoms. The Bertz CT molecular complexity index is 717. The molecule has 10 heteroatoms. The first-order valence-corrected chi connectivity index (χ1v) is 9.83. The van der Waals surface area contributed by atoms with Gasteiger partial charge in [0.25, 0.3) is 5.91 Å². The van der Waals surface area contributed by atoms with Crippen molar-refractivity contribution in [1.82, 2.24) is 4.90 Å². The largest absolute Gasteiger partial charge is 0.531 e. The number of hydrogen-bond donors (Lipinski definition) is 0. The number of halogens is 2. The highest BCUT2D eigenvalue weighted by molar-refractivity contribution is 9.10. The third-order valence-electron chi connectivity index (χ3n) is 3.01. The highest BCUT2D eigenvalue weighted by atomic mass is 79.9. The predicted octanol–water partition coefficient (Wildman–Crippen LogP) is 4.42. The molecule has 0 radical (unpaired) electrons. The van der Waals surface area contributed by atoms with Crippen LogP contribution in [0.3, 0.4) is 0 Å². The van der Waals surface area contributed by atoms with Gasteiger partial charge in [-0.05, 0) is 41.9 Å². The molecule has 0 unspecified atom stereocenters. The first-order chi connectivity index (χ1) is 11.3. The number of carbonyl (C=O) groups excluding carboxylic acids is 1. The summed E-state index contributed by atoms with van der Waals surface area (Å²) in [7, 11) is -2.22. The lowest BCUT2D eigenvalue weighted by atomic mass is 10.1. The Morgan fingerprint density at radius 1 is 1.33 bits per heavy atom. The summed E-state index contributed by atoms with van der Waals surface area (Å²) in [6.45, 7) is 3.66. The van der Waals surface area contributed by atoms with E-state index in [9.17, 15) is 9.36 Å². The second-order valence-corrected chi connectivity index (χ2v) is 7.71. The first kappa shape index (κ1) is 19.4. The minimum atomic E-state index is -3.80. The fraction of sp³-hybridized carbons (Fsp3) is 0.429. The molecule has 7 nitrogen and oxygen atoms in total. The van der Waals surface area contributed by atoms with Crippen LogP contribution in [0.2, 0.25) is 5.02 Å². The van der Waals surface area contributed by atoms with Gasteiger partial charge in [-0.1, -0.05) is 11.6 Å². The van der Waals surface area contributed by atoms with E-state index in [0.717, 1.165) is 0 Å². The van der Waals surface area contributed by atoms with Gasteiger partial charge in [-0.25, -0.2) is 9.56 Å². The second kappa shape index (κ2) is 7.97. The standard InChI is InChI=1S/C14H17BrClN2O5P/c1-4-21-24(20,22-5-2)23-12-8-18(3)14(19)10-6-9(16)7-11(15)13(10)17-12/h6-7H,4-5,8H2,1-3H3. The Labute approximate surface area is 153 Å². The van der Waals surface area contributed by atoms with Gasteiger partial charge in [-0.2, -0.15) is 0 Å². The number of phosphoric acid groups is 1. The summed E-state index contributed by atoms with van der Waals surface area (Å²) in [5.74, 6) is -0.226. The van der Waals surface area contributed by atoms with Gasteiger partial charge in [0.05, 0.1) is 31.0 Å². The van der Waals surface area contributed by atoms with Crippen molar-refractivity contribution >= 4 is 52.8 Å². The molecule has 1 aliphatic heterocycles. The van der Waals surface area contributed by atoms with Crippen molar-refractivity contribution in [2.45, 2.75) is 13.8 Å². The fourth-order valence-corrected chi connectivity index (χ4v) is 4.14. The van der Waals surface area contributed by atoms with Gasteiger partial charge >= 0.3 is 7.82 Å². The van der Waals surface area contributed by atoms with Crippen molar-refractivity contribution in [1.29, 1.82) is 0 Å². The summed E-state index contributed by atoms with van der Waals surface area (Å²) in [5, 5.41) is 0.399. The zero-order valence-electron chi connectivity index (χ0n) is 13.4. The number of carbonyl (C=O) groups is 1. The van der Waals surface area contributed by atoms with E-state index in [4.69, 9.17) is 25.2 Å². The van der Waals surface area contributed by atoms with Gasteiger partial charge in [0.15, 0.2) is 0 Å². The van der Waals surface area contributed by atoms with E-state index in [2.05, 4.69) is 20.9 Å². The minimum Gasteiger partial charge on any atom is -0.388 e. The van der Waals surface area contributed by atoms with Crippen molar-refractivity contribution in [2.24, 2.45) is 4.99 Å². The van der Waals surface area contributed by atoms with E-state index in [-0.39, 0.29) is 31.6 Å². The van der Waals surface area contributed by atoms with Crippen molar-refractivity contribution < 1.29 is 22.9 Å². The highest BCUT2D eigenvalue weighted by Gasteiger charge is 2.32. The number of nitrogens with zero attached hydrogens (tertiary/aromatic N) is 2. The summed E-state index contributed by atoms with van der Waals surface area (Å²) in [6.07, 6.45) is 0. The molecule has 24 heavy (non-hydrogen) atoms. The first-order valence-electron chi connectivity index (χ1n) is 7.20. The van der Waals surface area contributed by atoms with Crippen LogP contribution in [0.1, 0.15) is 24.2 Å². The summed E-state index contributed by atoms with van der Waals surface area (Å²) < 4.78 is 28.7. The number of likely N-dealkylation sites (N-methyl/N-ethyl adjacent to an activating group) is 1. The molecule has 0 saturated carbocycles. The number of fused-ring (bicyclic) bond motifs is 1. The van der Waals surface area contributed by atoms with Crippen LogP contribution < -0.4 is 0 Å². The number of amides is 1. The molecule has 0 atom stereocenters. The molecule has 1 heterocycles. The van der Waals surface area contributed by atoms with Gasteiger partial charge < -0.3 is 9.42 Å². The van der Waals surface area contributed by atoms with E-state index in [1.807, 2.05) is 0 Å². The molecule has 1 aromatic rings. The van der Waals surface area contributed by atoms with Crippen molar-refractivity contribution in [3.8, 4) is 0 Å². The maximum Gasteiger partial charge on any atom is 0.531 e. The second-order valence-electron chi connectivity index (χ2n) is 4.82. The Morgan fingerprint density at radius 3 is 2.54 bits per heavy atom.